The molecule has 17 heavy (non-hydrogen) atoms. The van der Waals surface area contributed by atoms with Gasteiger partial charge in [-0.2, -0.15) is 0 Å². The molecule has 0 spiro atoms. The van der Waals surface area contributed by atoms with E-state index in [2.05, 4.69) is 20.7 Å². The minimum Gasteiger partial charge on any atom is -0.467 e. The number of hydrogen-bond acceptors (Lipinski definition) is 4. The lowest BCUT2D eigenvalue weighted by molar-refractivity contribution is -0.150. The zero-order valence-corrected chi connectivity index (χ0v) is 11.8. The highest BCUT2D eigenvalue weighted by Gasteiger charge is 2.24. The van der Waals surface area contributed by atoms with Gasteiger partial charge in [0.25, 0.3) is 0 Å². The first-order chi connectivity index (χ1) is 8.06. The minimum atomic E-state index is -1.23. The van der Waals surface area contributed by atoms with Gasteiger partial charge in [-0.3, -0.25) is 0 Å². The van der Waals surface area contributed by atoms with Crippen molar-refractivity contribution in [1.29, 1.82) is 0 Å². The third-order valence-electron chi connectivity index (χ3n) is 2.56. The van der Waals surface area contributed by atoms with Crippen LogP contribution in [-0.2, 0) is 9.53 Å². The van der Waals surface area contributed by atoms with Crippen LogP contribution in [0.25, 0.3) is 10.1 Å². The number of esters is 1. The minimum absolute atomic E-state index is 0.584. The number of thiophene rings is 1. The quantitative estimate of drug-likeness (QED) is 0.866. The van der Waals surface area contributed by atoms with Gasteiger partial charge in [0, 0.05) is 14.6 Å². The van der Waals surface area contributed by atoms with Crippen LogP contribution in [0.15, 0.2) is 22.7 Å². The number of methoxy groups -OCH3 is 1. The third-order valence-corrected chi connectivity index (χ3v) is 4.86. The molecule has 1 heterocycles. The molecule has 0 fully saturated rings. The Balaban J connectivity index is 2.60. The number of benzene rings is 1. The van der Waals surface area contributed by atoms with E-state index in [1.807, 2.05) is 25.1 Å². The number of aliphatic hydroxyl groups is 1. The first-order valence-corrected chi connectivity index (χ1v) is 6.60. The van der Waals surface area contributed by atoms with Crippen LogP contribution in [0.2, 0.25) is 0 Å². The van der Waals surface area contributed by atoms with Gasteiger partial charge in [0.15, 0.2) is 6.10 Å². The molecule has 0 bridgehead atoms. The number of halogens is 1. The molecule has 1 unspecified atom stereocenters. The second-order valence-corrected chi connectivity index (χ2v) is 5.53. The maximum atomic E-state index is 11.3. The largest absolute Gasteiger partial charge is 0.467 e. The number of hydrogen-bond donors (Lipinski definition) is 1. The molecule has 2 rings (SSSR count). The lowest BCUT2D eigenvalue weighted by Gasteiger charge is -2.06. The molecule has 0 radical (unpaired) electrons. The van der Waals surface area contributed by atoms with Gasteiger partial charge in [0.05, 0.1) is 12.0 Å². The van der Waals surface area contributed by atoms with E-state index in [0.717, 1.165) is 20.1 Å². The van der Waals surface area contributed by atoms with Gasteiger partial charge >= 0.3 is 5.97 Å². The van der Waals surface area contributed by atoms with Gasteiger partial charge in [-0.1, -0.05) is 12.1 Å². The maximum Gasteiger partial charge on any atom is 0.340 e. The van der Waals surface area contributed by atoms with Crippen molar-refractivity contribution in [3.63, 3.8) is 0 Å². The molecule has 0 saturated carbocycles. The van der Waals surface area contributed by atoms with Crippen molar-refractivity contribution >= 4 is 43.3 Å². The summed E-state index contributed by atoms with van der Waals surface area (Å²) in [6, 6.07) is 5.91. The van der Waals surface area contributed by atoms with Crippen LogP contribution >= 0.6 is 27.3 Å². The van der Waals surface area contributed by atoms with Crippen molar-refractivity contribution in [2.75, 3.05) is 7.11 Å². The van der Waals surface area contributed by atoms with Crippen LogP contribution in [0.4, 0.5) is 0 Å². The standard InChI is InChI=1S/C12H11BrO3S/c1-6-4-3-5-7-8(6)9(13)11(17-7)10(14)12(15)16-2/h3-5,10,14H,1-2H3. The van der Waals surface area contributed by atoms with Gasteiger partial charge in [-0.25, -0.2) is 4.79 Å². The van der Waals surface area contributed by atoms with Crippen molar-refractivity contribution in [3.05, 3.63) is 33.1 Å². The fourth-order valence-corrected chi connectivity index (χ4v) is 3.95. The molecule has 2 aromatic rings. The van der Waals surface area contributed by atoms with Crippen LogP contribution in [0.1, 0.15) is 16.5 Å². The molecule has 0 aliphatic rings. The summed E-state index contributed by atoms with van der Waals surface area (Å²) in [6.07, 6.45) is -1.23. The van der Waals surface area contributed by atoms with Crippen molar-refractivity contribution in [2.45, 2.75) is 13.0 Å². The van der Waals surface area contributed by atoms with Gasteiger partial charge < -0.3 is 9.84 Å². The van der Waals surface area contributed by atoms with Gasteiger partial charge in [-0.05, 0) is 34.5 Å². The smallest absolute Gasteiger partial charge is 0.340 e. The number of rotatable bonds is 2. The average molecular weight is 315 g/mol. The SMILES string of the molecule is COC(=O)C(O)c1sc2cccc(C)c2c1Br. The van der Waals surface area contributed by atoms with E-state index >= 15 is 0 Å². The summed E-state index contributed by atoms with van der Waals surface area (Å²) in [6.45, 7) is 1.99. The first kappa shape index (κ1) is 12.5. The van der Waals surface area contributed by atoms with Crippen molar-refractivity contribution in [1.82, 2.24) is 0 Å². The molecule has 0 aliphatic heterocycles. The lowest BCUT2D eigenvalue weighted by atomic mass is 10.1. The highest BCUT2D eigenvalue weighted by atomic mass is 79.9. The van der Waals surface area contributed by atoms with Crippen LogP contribution in [-0.4, -0.2) is 18.2 Å². The van der Waals surface area contributed by atoms with E-state index in [-0.39, 0.29) is 0 Å². The summed E-state index contributed by atoms with van der Waals surface area (Å²) in [5, 5.41) is 10.9. The Labute approximate surface area is 111 Å². The summed E-state index contributed by atoms with van der Waals surface area (Å²) in [5.41, 5.74) is 1.11. The normalized spacial score (nSPS) is 12.7. The lowest BCUT2D eigenvalue weighted by Crippen LogP contribution is -2.12. The highest BCUT2D eigenvalue weighted by molar-refractivity contribution is 9.10. The fourth-order valence-electron chi connectivity index (χ4n) is 1.69. The third kappa shape index (κ3) is 2.10. The van der Waals surface area contributed by atoms with Crippen LogP contribution < -0.4 is 0 Å². The fraction of sp³-hybridized carbons (Fsp3) is 0.250. The van der Waals surface area contributed by atoms with E-state index in [4.69, 9.17) is 0 Å². The van der Waals surface area contributed by atoms with E-state index in [1.165, 1.54) is 18.4 Å². The molecule has 1 N–H and O–H groups in total. The molecule has 1 aromatic heterocycles. The summed E-state index contributed by atoms with van der Waals surface area (Å²) < 4.78 is 6.35. The first-order valence-electron chi connectivity index (χ1n) is 4.99. The van der Waals surface area contributed by atoms with Crippen LogP contribution in [0, 0.1) is 6.92 Å². The van der Waals surface area contributed by atoms with Crippen molar-refractivity contribution < 1.29 is 14.6 Å². The van der Waals surface area contributed by atoms with Crippen LogP contribution in [0.5, 0.6) is 0 Å². The van der Waals surface area contributed by atoms with Crippen molar-refractivity contribution in [2.24, 2.45) is 0 Å². The number of fused-ring (bicyclic) bond motifs is 1. The number of carbonyl (C=O) groups excluding carboxylic acids is 1. The zero-order chi connectivity index (χ0) is 12.6. The number of carbonyl (C=O) groups is 1. The van der Waals surface area contributed by atoms with E-state index in [0.29, 0.717) is 4.88 Å². The zero-order valence-electron chi connectivity index (χ0n) is 9.36. The van der Waals surface area contributed by atoms with E-state index < -0.39 is 12.1 Å². The molecule has 0 saturated heterocycles. The molecular weight excluding hydrogens is 304 g/mol. The van der Waals surface area contributed by atoms with Gasteiger partial charge in [0.1, 0.15) is 0 Å². The highest BCUT2D eigenvalue weighted by Crippen LogP contribution is 2.40. The Morgan fingerprint density at radius 1 is 1.53 bits per heavy atom. The Morgan fingerprint density at radius 3 is 2.82 bits per heavy atom. The van der Waals surface area contributed by atoms with Crippen LogP contribution in [0.3, 0.4) is 0 Å². The summed E-state index contributed by atoms with van der Waals surface area (Å²) in [5.74, 6) is -0.644. The Hall–Kier alpha value is -0.910. The number of aliphatic hydroxyl groups excluding tert-OH is 1. The monoisotopic (exact) mass is 314 g/mol. The topological polar surface area (TPSA) is 46.5 Å². The second-order valence-electron chi connectivity index (χ2n) is 3.65. The molecule has 1 atom stereocenters. The predicted molar refractivity (Wildman–Crippen MR) is 71.2 cm³/mol. The predicted octanol–water partition coefficient (Wildman–Crippen LogP) is 3.18. The van der Waals surface area contributed by atoms with E-state index in [1.54, 1.807) is 0 Å². The molecule has 1 aromatic carbocycles. The number of ether oxygens (including phenoxy) is 1. The Bertz CT molecular complexity index is 576. The summed E-state index contributed by atoms with van der Waals surface area (Å²) >= 11 is 4.84. The molecule has 90 valence electrons. The molecular formula is C12H11BrO3S. The molecule has 0 amide bonds. The van der Waals surface area contributed by atoms with Gasteiger partial charge in [-0.15, -0.1) is 11.3 Å². The Morgan fingerprint density at radius 2 is 2.24 bits per heavy atom. The van der Waals surface area contributed by atoms with E-state index in [9.17, 15) is 9.90 Å². The van der Waals surface area contributed by atoms with Gasteiger partial charge in [0.2, 0.25) is 0 Å². The Kier molecular flexibility index (Phi) is 3.51. The summed E-state index contributed by atoms with van der Waals surface area (Å²) in [7, 11) is 1.26. The maximum absolute atomic E-state index is 11.3. The molecule has 3 nitrogen and oxygen atoms in total. The molecule has 5 heteroatoms. The second kappa shape index (κ2) is 4.76. The molecule has 0 aliphatic carbocycles. The summed E-state index contributed by atoms with van der Waals surface area (Å²) in [4.78, 5) is 11.9. The van der Waals surface area contributed by atoms with Crippen molar-refractivity contribution in [3.8, 4) is 0 Å². The average Bonchev–Trinajstić information content (AvgIpc) is 2.66. The number of aryl methyl sites for hydroxylation is 1.